The van der Waals surface area contributed by atoms with E-state index in [1.807, 2.05) is 12.1 Å². The maximum Gasteiger partial charge on any atom is 0.306 e. The first-order chi connectivity index (χ1) is 17.3. The molecule has 4 heterocycles. The molecule has 36 heavy (non-hydrogen) atoms. The zero-order valence-corrected chi connectivity index (χ0v) is 19.8. The molecule has 0 spiro atoms. The Bertz CT molecular complexity index is 1230. The van der Waals surface area contributed by atoms with Crippen molar-refractivity contribution in [2.45, 2.75) is 26.1 Å². The van der Waals surface area contributed by atoms with Gasteiger partial charge in [-0.15, -0.1) is 0 Å². The lowest BCUT2D eigenvalue weighted by molar-refractivity contribution is -0.234. The minimum absolute atomic E-state index is 0.103. The quantitative estimate of drug-likeness (QED) is 0.556. The van der Waals surface area contributed by atoms with Crippen LogP contribution in [0.15, 0.2) is 48.8 Å². The van der Waals surface area contributed by atoms with Crippen molar-refractivity contribution < 1.29 is 28.6 Å². The van der Waals surface area contributed by atoms with Gasteiger partial charge in [-0.05, 0) is 56.2 Å². The van der Waals surface area contributed by atoms with Gasteiger partial charge in [-0.2, -0.15) is 0 Å². The Kier molecular flexibility index (Phi) is 6.55. The SMILES string of the molecule is CC1(C(=O)N2CCC(C(=O)O)CC2)COC(c2nc(-c3ccc(F)cc3)c(-c3ccncc3)[nH]2)OC1. The first kappa shape index (κ1) is 24.1. The maximum atomic E-state index is 13.5. The van der Waals surface area contributed by atoms with Crippen LogP contribution in [0.25, 0.3) is 22.5 Å². The second kappa shape index (κ2) is 9.79. The minimum Gasteiger partial charge on any atom is -0.481 e. The molecule has 0 bridgehead atoms. The van der Waals surface area contributed by atoms with E-state index in [0.717, 1.165) is 16.8 Å². The number of hydrogen-bond donors (Lipinski definition) is 2. The molecular weight excluding hydrogens is 467 g/mol. The second-order valence-electron chi connectivity index (χ2n) is 9.51. The summed E-state index contributed by atoms with van der Waals surface area (Å²) < 4.78 is 25.5. The van der Waals surface area contributed by atoms with E-state index in [4.69, 9.17) is 14.5 Å². The van der Waals surface area contributed by atoms with E-state index >= 15 is 0 Å². The third-order valence-electron chi connectivity index (χ3n) is 6.79. The number of carboxylic acid groups (broad SMARTS) is 1. The smallest absolute Gasteiger partial charge is 0.306 e. The van der Waals surface area contributed by atoms with Crippen molar-refractivity contribution in [2.24, 2.45) is 11.3 Å². The van der Waals surface area contributed by atoms with Crippen molar-refractivity contribution in [1.29, 1.82) is 0 Å². The standard InChI is InChI=1S/C26H27FN4O5/c1-26(25(34)31-12-8-18(9-13-31)23(32)33)14-35-24(36-15-26)22-29-20(16-2-4-19(27)5-3-16)21(30-22)17-6-10-28-11-7-17/h2-7,10-11,18,24H,8-9,12-15H2,1H3,(H,29,30)(H,32,33). The lowest BCUT2D eigenvalue weighted by Gasteiger charge is -2.40. The lowest BCUT2D eigenvalue weighted by Crippen LogP contribution is -2.52. The predicted octanol–water partition coefficient (Wildman–Crippen LogP) is 3.65. The predicted molar refractivity (Wildman–Crippen MR) is 127 cm³/mol. The van der Waals surface area contributed by atoms with Crippen LogP contribution in [0, 0.1) is 17.2 Å². The highest BCUT2D eigenvalue weighted by molar-refractivity contribution is 5.83. The molecule has 188 valence electrons. The van der Waals surface area contributed by atoms with Gasteiger partial charge in [-0.3, -0.25) is 14.6 Å². The summed E-state index contributed by atoms with van der Waals surface area (Å²) in [5.74, 6) is -1.22. The summed E-state index contributed by atoms with van der Waals surface area (Å²) in [6.45, 7) is 2.87. The van der Waals surface area contributed by atoms with Crippen molar-refractivity contribution in [3.05, 3.63) is 60.4 Å². The number of aromatic amines is 1. The number of likely N-dealkylation sites (tertiary alicyclic amines) is 1. The van der Waals surface area contributed by atoms with Gasteiger partial charge in [0.05, 0.1) is 35.9 Å². The summed E-state index contributed by atoms with van der Waals surface area (Å²) in [5, 5.41) is 9.21. The number of carboxylic acids is 1. The number of rotatable bonds is 5. The van der Waals surface area contributed by atoms with Gasteiger partial charge in [0.1, 0.15) is 5.82 Å². The van der Waals surface area contributed by atoms with E-state index in [-0.39, 0.29) is 24.9 Å². The fourth-order valence-electron chi connectivity index (χ4n) is 4.65. The summed E-state index contributed by atoms with van der Waals surface area (Å²) in [6.07, 6.45) is 3.43. The van der Waals surface area contributed by atoms with Gasteiger partial charge < -0.3 is 24.5 Å². The molecule has 2 N–H and O–H groups in total. The zero-order valence-electron chi connectivity index (χ0n) is 19.8. The number of imidazole rings is 1. The molecule has 2 aliphatic heterocycles. The number of nitrogens with zero attached hydrogens (tertiary/aromatic N) is 3. The molecule has 0 saturated carbocycles. The second-order valence-corrected chi connectivity index (χ2v) is 9.51. The fraction of sp³-hybridized carbons (Fsp3) is 0.385. The Labute approximate surface area is 207 Å². The molecule has 0 aliphatic carbocycles. The van der Waals surface area contributed by atoms with Crippen molar-refractivity contribution >= 4 is 11.9 Å². The van der Waals surface area contributed by atoms with E-state index < -0.39 is 23.6 Å². The average Bonchev–Trinajstić information content (AvgIpc) is 3.35. The Morgan fingerprint density at radius 3 is 2.31 bits per heavy atom. The van der Waals surface area contributed by atoms with E-state index in [1.165, 1.54) is 12.1 Å². The van der Waals surface area contributed by atoms with Crippen molar-refractivity contribution in [1.82, 2.24) is 19.9 Å². The maximum absolute atomic E-state index is 13.5. The molecule has 2 aliphatic rings. The van der Waals surface area contributed by atoms with Crippen molar-refractivity contribution in [2.75, 3.05) is 26.3 Å². The van der Waals surface area contributed by atoms with Gasteiger partial charge in [0.25, 0.3) is 0 Å². The number of aliphatic carboxylic acids is 1. The van der Waals surface area contributed by atoms with Crippen molar-refractivity contribution in [3.63, 3.8) is 0 Å². The van der Waals surface area contributed by atoms with Crippen molar-refractivity contribution in [3.8, 4) is 22.5 Å². The Morgan fingerprint density at radius 1 is 1.06 bits per heavy atom. The zero-order chi connectivity index (χ0) is 25.3. The molecule has 5 rings (SSSR count). The molecule has 0 unspecified atom stereocenters. The molecule has 10 heteroatoms. The number of H-pyrrole nitrogens is 1. The number of hydrogen-bond acceptors (Lipinski definition) is 6. The highest BCUT2D eigenvalue weighted by Gasteiger charge is 2.44. The third kappa shape index (κ3) is 4.74. The number of aromatic nitrogens is 3. The molecule has 2 fully saturated rings. The fourth-order valence-corrected chi connectivity index (χ4v) is 4.65. The lowest BCUT2D eigenvalue weighted by atomic mass is 9.88. The molecule has 0 radical (unpaired) electrons. The number of benzene rings is 1. The van der Waals surface area contributed by atoms with Crippen LogP contribution in [0.3, 0.4) is 0 Å². The molecule has 3 aromatic rings. The summed E-state index contributed by atoms with van der Waals surface area (Å²) in [7, 11) is 0. The average molecular weight is 495 g/mol. The van der Waals surface area contributed by atoms with Gasteiger partial charge >= 0.3 is 5.97 Å². The summed E-state index contributed by atoms with van der Waals surface area (Å²) >= 11 is 0. The molecule has 0 atom stereocenters. The van der Waals surface area contributed by atoms with E-state index in [2.05, 4.69) is 9.97 Å². The van der Waals surface area contributed by atoms with Crippen LogP contribution in [0.4, 0.5) is 4.39 Å². The van der Waals surface area contributed by atoms with Crippen LogP contribution < -0.4 is 0 Å². The van der Waals surface area contributed by atoms with Gasteiger partial charge in [0, 0.05) is 36.6 Å². The van der Waals surface area contributed by atoms with Crippen LogP contribution in [0.2, 0.25) is 0 Å². The summed E-state index contributed by atoms with van der Waals surface area (Å²) in [6, 6.07) is 9.76. The van der Waals surface area contributed by atoms with E-state index in [0.29, 0.717) is 37.4 Å². The number of pyridine rings is 1. The van der Waals surface area contributed by atoms with Crippen LogP contribution in [0.5, 0.6) is 0 Å². The molecular formula is C26H27FN4O5. The number of piperidine rings is 1. The van der Waals surface area contributed by atoms with E-state index in [9.17, 15) is 19.1 Å². The highest BCUT2D eigenvalue weighted by atomic mass is 19.1. The van der Waals surface area contributed by atoms with Crippen LogP contribution in [-0.4, -0.2) is 63.1 Å². The number of amides is 1. The van der Waals surface area contributed by atoms with E-state index in [1.54, 1.807) is 36.4 Å². The monoisotopic (exact) mass is 494 g/mol. The number of halogens is 1. The highest BCUT2D eigenvalue weighted by Crippen LogP contribution is 2.37. The molecule has 2 saturated heterocycles. The molecule has 9 nitrogen and oxygen atoms in total. The molecule has 2 aromatic heterocycles. The van der Waals surface area contributed by atoms with Crippen LogP contribution >= 0.6 is 0 Å². The number of ether oxygens (including phenoxy) is 2. The Morgan fingerprint density at radius 2 is 1.69 bits per heavy atom. The minimum atomic E-state index is -0.882. The van der Waals surface area contributed by atoms with Gasteiger partial charge in [0.15, 0.2) is 5.82 Å². The Hall–Kier alpha value is -3.63. The topological polar surface area (TPSA) is 118 Å². The normalized spacial score (nSPS) is 22.9. The number of carbonyl (C=O) groups is 2. The summed E-state index contributed by atoms with van der Waals surface area (Å²) in [4.78, 5) is 38.2. The van der Waals surface area contributed by atoms with Crippen LogP contribution in [0.1, 0.15) is 31.9 Å². The first-order valence-electron chi connectivity index (χ1n) is 11.9. The number of nitrogens with one attached hydrogen (secondary N) is 1. The largest absolute Gasteiger partial charge is 0.481 e. The van der Waals surface area contributed by atoms with Gasteiger partial charge in [-0.1, -0.05) is 0 Å². The summed E-state index contributed by atoms with van der Waals surface area (Å²) in [5.41, 5.74) is 2.04. The van der Waals surface area contributed by atoms with Crippen LogP contribution in [-0.2, 0) is 19.1 Å². The first-order valence-corrected chi connectivity index (χ1v) is 11.9. The Balaban J connectivity index is 1.33. The van der Waals surface area contributed by atoms with Gasteiger partial charge in [-0.25, -0.2) is 9.37 Å². The number of carbonyl (C=O) groups excluding carboxylic acids is 1. The van der Waals surface area contributed by atoms with Gasteiger partial charge in [0.2, 0.25) is 12.2 Å². The third-order valence-corrected chi connectivity index (χ3v) is 6.79. The molecule has 1 aromatic carbocycles. The molecule has 1 amide bonds.